The Bertz CT molecular complexity index is 633. The van der Waals surface area contributed by atoms with Crippen LogP contribution < -0.4 is 5.32 Å². The van der Waals surface area contributed by atoms with Crippen molar-refractivity contribution >= 4 is 11.7 Å². The predicted octanol–water partition coefficient (Wildman–Crippen LogP) is 3.15. The molecule has 0 atom stereocenters. The van der Waals surface area contributed by atoms with E-state index in [0.29, 0.717) is 23.4 Å². The summed E-state index contributed by atoms with van der Waals surface area (Å²) in [5.41, 5.74) is 2.65. The summed E-state index contributed by atoms with van der Waals surface area (Å²) in [4.78, 5) is 15.0. The van der Waals surface area contributed by atoms with Crippen LogP contribution >= 0.6 is 0 Å². The zero-order valence-corrected chi connectivity index (χ0v) is 11.3. The zero-order chi connectivity index (χ0) is 14.7. The van der Waals surface area contributed by atoms with Crippen LogP contribution in [0.1, 0.15) is 27.0 Å². The van der Waals surface area contributed by atoms with Gasteiger partial charge in [0.25, 0.3) is 0 Å². The number of pyridine rings is 1. The summed E-state index contributed by atoms with van der Waals surface area (Å²) in [5.74, 6) is -1.22. The van der Waals surface area contributed by atoms with Gasteiger partial charge in [0.05, 0.1) is 17.4 Å². The zero-order valence-electron chi connectivity index (χ0n) is 11.3. The Balaban J connectivity index is 2.19. The minimum Gasteiger partial charge on any atom is -0.478 e. The van der Waals surface area contributed by atoms with Crippen molar-refractivity contribution in [3.8, 4) is 0 Å². The van der Waals surface area contributed by atoms with Crippen molar-refractivity contribution in [2.45, 2.75) is 20.4 Å². The molecule has 0 saturated heterocycles. The molecule has 2 N–H and O–H groups in total. The molecule has 5 heteroatoms. The molecule has 2 aromatic rings. The molecule has 0 aliphatic heterocycles. The number of rotatable bonds is 4. The topological polar surface area (TPSA) is 62.2 Å². The van der Waals surface area contributed by atoms with Gasteiger partial charge in [-0.2, -0.15) is 0 Å². The molecule has 0 bridgehead atoms. The Morgan fingerprint density at radius 2 is 2.00 bits per heavy atom. The van der Waals surface area contributed by atoms with Crippen molar-refractivity contribution in [1.82, 2.24) is 4.98 Å². The third-order valence-electron chi connectivity index (χ3n) is 3.03. The van der Waals surface area contributed by atoms with Gasteiger partial charge < -0.3 is 10.4 Å². The number of nitrogens with one attached hydrogen (secondary N) is 1. The first-order chi connectivity index (χ1) is 9.49. The lowest BCUT2D eigenvalue weighted by Crippen LogP contribution is -2.07. The molecule has 2 rings (SSSR count). The molecule has 4 nitrogen and oxygen atoms in total. The molecule has 1 heterocycles. The van der Waals surface area contributed by atoms with E-state index in [1.807, 2.05) is 0 Å². The maximum Gasteiger partial charge on any atom is 0.337 e. The van der Waals surface area contributed by atoms with Crippen LogP contribution in [-0.4, -0.2) is 16.1 Å². The van der Waals surface area contributed by atoms with Gasteiger partial charge in [0.15, 0.2) is 0 Å². The Labute approximate surface area is 116 Å². The number of aromatic nitrogens is 1. The van der Waals surface area contributed by atoms with E-state index >= 15 is 0 Å². The minimum atomic E-state index is -1.01. The lowest BCUT2D eigenvalue weighted by molar-refractivity contribution is 0.0698. The molecule has 104 valence electrons. The number of benzene rings is 1. The van der Waals surface area contributed by atoms with E-state index in [9.17, 15) is 9.18 Å². The van der Waals surface area contributed by atoms with Crippen molar-refractivity contribution in [3.63, 3.8) is 0 Å². The molecule has 20 heavy (non-hydrogen) atoms. The van der Waals surface area contributed by atoms with Crippen LogP contribution in [-0.2, 0) is 6.54 Å². The van der Waals surface area contributed by atoms with E-state index in [-0.39, 0.29) is 11.4 Å². The number of anilines is 1. The first kappa shape index (κ1) is 14.0. The van der Waals surface area contributed by atoms with Crippen LogP contribution in [0.4, 0.5) is 10.1 Å². The molecule has 1 aromatic carbocycles. The number of carboxylic acid groups (broad SMARTS) is 1. The number of carboxylic acids is 1. The van der Waals surface area contributed by atoms with Crippen LogP contribution in [0.3, 0.4) is 0 Å². The lowest BCUT2D eigenvalue weighted by Gasteiger charge is -2.11. The highest BCUT2D eigenvalue weighted by molar-refractivity contribution is 5.93. The normalized spacial score (nSPS) is 10.3. The molecule has 0 aliphatic rings. The lowest BCUT2D eigenvalue weighted by atomic mass is 10.1. The van der Waals surface area contributed by atoms with Gasteiger partial charge in [0.2, 0.25) is 0 Å². The highest BCUT2D eigenvalue weighted by Gasteiger charge is 2.10. The van der Waals surface area contributed by atoms with Gasteiger partial charge in [-0.15, -0.1) is 0 Å². The van der Waals surface area contributed by atoms with Gasteiger partial charge in [-0.25, -0.2) is 9.18 Å². The molecule has 0 aliphatic carbocycles. The number of hydrogen-bond acceptors (Lipinski definition) is 3. The average Bonchev–Trinajstić information content (AvgIpc) is 2.42. The molecule has 0 spiro atoms. The van der Waals surface area contributed by atoms with Gasteiger partial charge in [-0.1, -0.05) is 12.1 Å². The van der Waals surface area contributed by atoms with Crippen LogP contribution in [0, 0.1) is 19.7 Å². The van der Waals surface area contributed by atoms with Gasteiger partial charge >= 0.3 is 5.97 Å². The second kappa shape index (κ2) is 5.69. The fraction of sp³-hybridized carbons (Fsp3) is 0.200. The van der Waals surface area contributed by atoms with E-state index in [1.54, 1.807) is 26.0 Å². The van der Waals surface area contributed by atoms with E-state index in [1.165, 1.54) is 18.5 Å². The smallest absolute Gasteiger partial charge is 0.337 e. The number of aromatic carboxylic acids is 1. The predicted molar refractivity (Wildman–Crippen MR) is 74.4 cm³/mol. The van der Waals surface area contributed by atoms with Crippen molar-refractivity contribution in [2.75, 3.05) is 5.32 Å². The van der Waals surface area contributed by atoms with Crippen molar-refractivity contribution in [3.05, 3.63) is 58.7 Å². The highest BCUT2D eigenvalue weighted by Crippen LogP contribution is 2.18. The maximum absolute atomic E-state index is 13.5. The van der Waals surface area contributed by atoms with Crippen molar-refractivity contribution in [1.29, 1.82) is 0 Å². The van der Waals surface area contributed by atoms with E-state index < -0.39 is 5.97 Å². The minimum absolute atomic E-state index is 0.163. The Morgan fingerprint density at radius 1 is 1.35 bits per heavy atom. The van der Waals surface area contributed by atoms with Crippen LogP contribution in [0.5, 0.6) is 0 Å². The summed E-state index contributed by atoms with van der Waals surface area (Å²) in [7, 11) is 0. The van der Waals surface area contributed by atoms with Crippen LogP contribution in [0.25, 0.3) is 0 Å². The van der Waals surface area contributed by atoms with Crippen molar-refractivity contribution < 1.29 is 14.3 Å². The summed E-state index contributed by atoms with van der Waals surface area (Å²) in [5, 5.41) is 12.1. The molecule has 1 aromatic heterocycles. The molecule has 0 unspecified atom stereocenters. The van der Waals surface area contributed by atoms with Gasteiger partial charge in [-0.05, 0) is 36.6 Å². The average molecular weight is 274 g/mol. The maximum atomic E-state index is 13.5. The number of nitrogens with zero attached hydrogens (tertiary/aromatic N) is 1. The fourth-order valence-corrected chi connectivity index (χ4v) is 2.06. The highest BCUT2D eigenvalue weighted by atomic mass is 19.1. The first-order valence-electron chi connectivity index (χ1n) is 6.16. The van der Waals surface area contributed by atoms with E-state index in [4.69, 9.17) is 5.11 Å². The first-order valence-corrected chi connectivity index (χ1v) is 6.16. The fourth-order valence-electron chi connectivity index (χ4n) is 2.06. The Hall–Kier alpha value is -2.43. The summed E-state index contributed by atoms with van der Waals surface area (Å²) >= 11 is 0. The SMILES string of the molecule is Cc1cc(CNc2cnccc2C(=O)O)cc(C)c1F. The number of carbonyl (C=O) groups is 1. The third-order valence-corrected chi connectivity index (χ3v) is 3.03. The van der Waals surface area contributed by atoms with E-state index in [2.05, 4.69) is 10.3 Å². The summed E-state index contributed by atoms with van der Waals surface area (Å²) < 4.78 is 13.5. The molecular weight excluding hydrogens is 259 g/mol. The number of halogens is 1. The summed E-state index contributed by atoms with van der Waals surface area (Å²) in [6.45, 7) is 3.82. The Morgan fingerprint density at radius 3 is 2.60 bits per heavy atom. The van der Waals surface area contributed by atoms with E-state index in [0.717, 1.165) is 5.56 Å². The third kappa shape index (κ3) is 2.93. The molecule has 0 saturated carbocycles. The molecular formula is C15H15FN2O2. The largest absolute Gasteiger partial charge is 0.478 e. The van der Waals surface area contributed by atoms with Gasteiger partial charge in [-0.3, -0.25) is 4.98 Å². The summed E-state index contributed by atoms with van der Waals surface area (Å²) in [6.07, 6.45) is 2.90. The summed E-state index contributed by atoms with van der Waals surface area (Å²) in [6, 6.07) is 4.92. The van der Waals surface area contributed by atoms with Gasteiger partial charge in [0.1, 0.15) is 5.82 Å². The number of hydrogen-bond donors (Lipinski definition) is 2. The molecule has 0 radical (unpaired) electrons. The monoisotopic (exact) mass is 274 g/mol. The molecule has 0 amide bonds. The van der Waals surface area contributed by atoms with Gasteiger partial charge in [0, 0.05) is 12.7 Å². The second-order valence-electron chi connectivity index (χ2n) is 4.62. The number of aryl methyl sites for hydroxylation is 2. The second-order valence-corrected chi connectivity index (χ2v) is 4.62. The Kier molecular flexibility index (Phi) is 3.98. The van der Waals surface area contributed by atoms with Crippen LogP contribution in [0.2, 0.25) is 0 Å². The van der Waals surface area contributed by atoms with Crippen molar-refractivity contribution in [2.24, 2.45) is 0 Å². The standard InChI is InChI=1S/C15H15FN2O2/c1-9-5-11(6-10(2)14(9)16)7-18-13-8-17-4-3-12(13)15(19)20/h3-6,8,18H,7H2,1-2H3,(H,19,20). The quantitative estimate of drug-likeness (QED) is 0.899. The van der Waals surface area contributed by atoms with Crippen LogP contribution in [0.15, 0.2) is 30.6 Å². The molecule has 0 fully saturated rings.